The van der Waals surface area contributed by atoms with Gasteiger partial charge in [-0.2, -0.15) is 0 Å². The molecule has 0 radical (unpaired) electrons. The van der Waals surface area contributed by atoms with Gasteiger partial charge in [0, 0.05) is 11.4 Å². The molecular weight excluding hydrogens is 337 g/mol. The number of carbonyl (C=O) groups excluding carboxylic acids is 1. The van der Waals surface area contributed by atoms with Gasteiger partial charge in [0.15, 0.2) is 0 Å². The van der Waals surface area contributed by atoms with Gasteiger partial charge in [-0.15, -0.1) is 0 Å². The van der Waals surface area contributed by atoms with Gasteiger partial charge in [-0.3, -0.25) is 4.79 Å². The normalized spacial score (nSPS) is 10.3. The standard InChI is InChI=1S/C17H17Cl2NO3/c1-22-13-5-7-16(23-2)11(9-13)3-8-17(21)20-15-6-4-12(18)10-14(15)19/h4-7,9-10H,3,8H2,1-2H3,(H,20,21). The van der Waals surface area contributed by atoms with Gasteiger partial charge < -0.3 is 14.8 Å². The largest absolute Gasteiger partial charge is 0.497 e. The molecule has 0 fully saturated rings. The van der Waals surface area contributed by atoms with Crippen molar-refractivity contribution in [3.05, 3.63) is 52.0 Å². The Bertz CT molecular complexity index is 704. The van der Waals surface area contributed by atoms with Gasteiger partial charge in [-0.25, -0.2) is 0 Å². The molecule has 0 aliphatic heterocycles. The summed E-state index contributed by atoms with van der Waals surface area (Å²) in [5.74, 6) is 1.31. The molecule has 0 bridgehead atoms. The Labute approximate surface area is 145 Å². The number of anilines is 1. The third kappa shape index (κ3) is 4.78. The molecule has 6 heteroatoms. The van der Waals surface area contributed by atoms with E-state index in [0.717, 1.165) is 17.1 Å². The highest BCUT2D eigenvalue weighted by Crippen LogP contribution is 2.27. The molecule has 122 valence electrons. The average Bonchev–Trinajstić information content (AvgIpc) is 2.55. The van der Waals surface area contributed by atoms with Crippen LogP contribution in [-0.2, 0) is 11.2 Å². The summed E-state index contributed by atoms with van der Waals surface area (Å²) in [7, 11) is 3.19. The number of nitrogens with one attached hydrogen (secondary N) is 1. The molecule has 0 unspecified atom stereocenters. The fourth-order valence-corrected chi connectivity index (χ4v) is 2.58. The van der Waals surface area contributed by atoms with Crippen LogP contribution >= 0.6 is 23.2 Å². The van der Waals surface area contributed by atoms with Gasteiger partial charge in [0.25, 0.3) is 0 Å². The Morgan fingerprint density at radius 1 is 1.09 bits per heavy atom. The molecule has 4 nitrogen and oxygen atoms in total. The summed E-state index contributed by atoms with van der Waals surface area (Å²) in [6.45, 7) is 0. The van der Waals surface area contributed by atoms with E-state index in [4.69, 9.17) is 32.7 Å². The number of hydrogen-bond acceptors (Lipinski definition) is 3. The van der Waals surface area contributed by atoms with Crippen LogP contribution in [0.25, 0.3) is 0 Å². The lowest BCUT2D eigenvalue weighted by atomic mass is 10.1. The second-order valence-corrected chi connectivity index (χ2v) is 5.69. The number of amides is 1. The third-order valence-corrected chi connectivity index (χ3v) is 3.86. The highest BCUT2D eigenvalue weighted by molar-refractivity contribution is 6.36. The van der Waals surface area contributed by atoms with Crippen LogP contribution in [0.1, 0.15) is 12.0 Å². The van der Waals surface area contributed by atoms with Crippen LogP contribution in [0, 0.1) is 0 Å². The predicted octanol–water partition coefficient (Wildman–Crippen LogP) is 4.58. The van der Waals surface area contributed by atoms with E-state index in [-0.39, 0.29) is 5.91 Å². The predicted molar refractivity (Wildman–Crippen MR) is 93.0 cm³/mol. The number of hydrogen-bond donors (Lipinski definition) is 1. The van der Waals surface area contributed by atoms with E-state index in [2.05, 4.69) is 5.32 Å². The molecule has 2 rings (SSSR count). The number of rotatable bonds is 6. The smallest absolute Gasteiger partial charge is 0.224 e. The van der Waals surface area contributed by atoms with Crippen molar-refractivity contribution in [2.24, 2.45) is 0 Å². The van der Waals surface area contributed by atoms with E-state index >= 15 is 0 Å². The van der Waals surface area contributed by atoms with Crippen LogP contribution in [-0.4, -0.2) is 20.1 Å². The van der Waals surface area contributed by atoms with Crippen molar-refractivity contribution in [3.63, 3.8) is 0 Å². The highest BCUT2D eigenvalue weighted by Gasteiger charge is 2.10. The van der Waals surface area contributed by atoms with Gasteiger partial charge in [0.2, 0.25) is 5.91 Å². The molecule has 2 aromatic rings. The first kappa shape index (κ1) is 17.4. The first-order valence-electron chi connectivity index (χ1n) is 6.99. The highest BCUT2D eigenvalue weighted by atomic mass is 35.5. The number of aryl methyl sites for hydroxylation is 1. The van der Waals surface area contributed by atoms with Crippen LogP contribution in [0.4, 0.5) is 5.69 Å². The summed E-state index contributed by atoms with van der Waals surface area (Å²) >= 11 is 11.9. The van der Waals surface area contributed by atoms with Gasteiger partial charge in [0.05, 0.1) is 24.9 Å². The Hall–Kier alpha value is -1.91. The van der Waals surface area contributed by atoms with Crippen molar-refractivity contribution < 1.29 is 14.3 Å². The Kier molecular flexibility index (Phi) is 6.13. The first-order valence-corrected chi connectivity index (χ1v) is 7.75. The maximum Gasteiger partial charge on any atom is 0.224 e. The Morgan fingerprint density at radius 3 is 2.52 bits per heavy atom. The second-order valence-electron chi connectivity index (χ2n) is 4.85. The average molecular weight is 354 g/mol. The molecule has 0 spiro atoms. The van der Waals surface area contributed by atoms with Crippen molar-refractivity contribution in [3.8, 4) is 11.5 Å². The molecule has 1 N–H and O–H groups in total. The zero-order valence-electron chi connectivity index (χ0n) is 12.9. The van der Waals surface area contributed by atoms with Crippen LogP contribution in [0.15, 0.2) is 36.4 Å². The fourth-order valence-electron chi connectivity index (χ4n) is 2.13. The summed E-state index contributed by atoms with van der Waals surface area (Å²) < 4.78 is 10.5. The molecular formula is C17H17Cl2NO3. The number of halogens is 2. The van der Waals surface area contributed by atoms with Crippen LogP contribution in [0.5, 0.6) is 11.5 Å². The number of ether oxygens (including phenoxy) is 2. The van der Waals surface area contributed by atoms with E-state index in [9.17, 15) is 4.79 Å². The fraction of sp³-hybridized carbons (Fsp3) is 0.235. The van der Waals surface area contributed by atoms with Crippen LogP contribution in [0.3, 0.4) is 0 Å². The molecule has 0 saturated carbocycles. The monoisotopic (exact) mass is 353 g/mol. The SMILES string of the molecule is COc1ccc(OC)c(CCC(=O)Nc2ccc(Cl)cc2Cl)c1. The molecule has 23 heavy (non-hydrogen) atoms. The van der Waals surface area contributed by atoms with Crippen molar-refractivity contribution >= 4 is 34.8 Å². The first-order chi connectivity index (χ1) is 11.0. The van der Waals surface area contributed by atoms with Crippen LogP contribution < -0.4 is 14.8 Å². The number of benzene rings is 2. The minimum Gasteiger partial charge on any atom is -0.497 e. The van der Waals surface area contributed by atoms with Crippen molar-refractivity contribution in [1.82, 2.24) is 0 Å². The van der Waals surface area contributed by atoms with E-state index in [0.29, 0.717) is 28.6 Å². The molecule has 0 heterocycles. The van der Waals surface area contributed by atoms with Crippen molar-refractivity contribution in [2.75, 3.05) is 19.5 Å². The van der Waals surface area contributed by atoms with Gasteiger partial charge in [-0.1, -0.05) is 23.2 Å². The quantitative estimate of drug-likeness (QED) is 0.826. The number of carbonyl (C=O) groups is 1. The second kappa shape index (κ2) is 8.09. The maximum atomic E-state index is 12.1. The molecule has 0 aliphatic rings. The van der Waals surface area contributed by atoms with E-state index in [1.54, 1.807) is 32.4 Å². The lowest BCUT2D eigenvalue weighted by Gasteiger charge is -2.11. The molecule has 2 aromatic carbocycles. The molecule has 0 atom stereocenters. The topological polar surface area (TPSA) is 47.6 Å². The molecule has 0 saturated heterocycles. The summed E-state index contributed by atoms with van der Waals surface area (Å²) in [6, 6.07) is 10.4. The number of methoxy groups -OCH3 is 2. The van der Waals surface area contributed by atoms with Gasteiger partial charge >= 0.3 is 0 Å². The van der Waals surface area contributed by atoms with E-state index < -0.39 is 0 Å². The summed E-state index contributed by atoms with van der Waals surface area (Å²) in [5.41, 5.74) is 1.45. The summed E-state index contributed by atoms with van der Waals surface area (Å²) in [4.78, 5) is 12.1. The Balaban J connectivity index is 2.01. The molecule has 1 amide bonds. The van der Waals surface area contributed by atoms with Crippen molar-refractivity contribution in [2.45, 2.75) is 12.8 Å². The Morgan fingerprint density at radius 2 is 1.87 bits per heavy atom. The zero-order chi connectivity index (χ0) is 16.8. The molecule has 0 aromatic heterocycles. The van der Waals surface area contributed by atoms with Gasteiger partial charge in [-0.05, 0) is 48.4 Å². The lowest BCUT2D eigenvalue weighted by Crippen LogP contribution is -2.13. The summed E-state index contributed by atoms with van der Waals surface area (Å²) in [6.07, 6.45) is 0.819. The summed E-state index contributed by atoms with van der Waals surface area (Å²) in [5, 5.41) is 3.70. The zero-order valence-corrected chi connectivity index (χ0v) is 14.4. The van der Waals surface area contributed by atoms with Crippen LogP contribution in [0.2, 0.25) is 10.0 Å². The minimum absolute atomic E-state index is 0.140. The maximum absolute atomic E-state index is 12.1. The van der Waals surface area contributed by atoms with Crippen molar-refractivity contribution in [1.29, 1.82) is 0 Å². The van der Waals surface area contributed by atoms with E-state index in [1.807, 2.05) is 18.2 Å². The third-order valence-electron chi connectivity index (χ3n) is 3.31. The minimum atomic E-state index is -0.140. The molecule has 0 aliphatic carbocycles. The van der Waals surface area contributed by atoms with Gasteiger partial charge in [0.1, 0.15) is 11.5 Å². The lowest BCUT2D eigenvalue weighted by molar-refractivity contribution is -0.116. The van der Waals surface area contributed by atoms with E-state index in [1.165, 1.54) is 0 Å².